The highest BCUT2D eigenvalue weighted by Gasteiger charge is 2.40. The second-order valence-electron chi connectivity index (χ2n) is 6.13. The molecule has 1 aromatic carbocycles. The number of benzene rings is 1. The summed E-state index contributed by atoms with van der Waals surface area (Å²) in [5, 5.41) is 13.6. The highest BCUT2D eigenvalue weighted by Crippen LogP contribution is 2.29. The number of esters is 2. The third kappa shape index (κ3) is 5.91. The molecule has 1 aliphatic heterocycles. The Morgan fingerprint density at radius 2 is 1.87 bits per heavy atom. The number of anilines is 1. The van der Waals surface area contributed by atoms with Crippen molar-refractivity contribution >= 4 is 29.2 Å². The van der Waals surface area contributed by atoms with Gasteiger partial charge in [-0.25, -0.2) is 9.59 Å². The van der Waals surface area contributed by atoms with Crippen molar-refractivity contribution in [3.05, 3.63) is 71.9 Å². The molecule has 31 heavy (non-hydrogen) atoms. The summed E-state index contributed by atoms with van der Waals surface area (Å²) >= 11 is 0. The quantitative estimate of drug-likeness (QED) is 0.141. The number of rotatable bonds is 10. The van der Waals surface area contributed by atoms with E-state index >= 15 is 0 Å². The summed E-state index contributed by atoms with van der Waals surface area (Å²) in [6.45, 7) is 6.60. The van der Waals surface area contributed by atoms with Gasteiger partial charge in [0.1, 0.15) is 0 Å². The molecule has 164 valence electrons. The number of carbonyl (C=O) groups excluding carboxylic acids is 3. The van der Waals surface area contributed by atoms with Gasteiger partial charge in [-0.15, -0.1) is 6.58 Å². The predicted octanol–water partition coefficient (Wildman–Crippen LogP) is 2.52. The Morgan fingerprint density at radius 1 is 1.23 bits per heavy atom. The largest absolute Gasteiger partial charge is 0.623 e. The highest BCUT2D eigenvalue weighted by atomic mass is 16.5. The fraction of sp³-hybridized carbons (Fsp3) is 0.304. The number of nitrogens with zero attached hydrogens (tertiary/aromatic N) is 2. The van der Waals surface area contributed by atoms with Crippen molar-refractivity contribution < 1.29 is 34.1 Å². The van der Waals surface area contributed by atoms with Crippen LogP contribution in [0.2, 0.25) is 0 Å². The molecule has 0 aliphatic carbocycles. The van der Waals surface area contributed by atoms with Gasteiger partial charge in [-0.2, -0.15) is 4.74 Å². The fourth-order valence-corrected chi connectivity index (χ4v) is 2.83. The number of carbonyl (C=O) groups is 3. The van der Waals surface area contributed by atoms with Gasteiger partial charge in [-0.05, 0) is 32.0 Å². The standard InChI is InChI=1S/C23H26N2O6/c1-4-16-24-19-12-8-7-11-18(19)22(23(24)28)25(29)17(14-15-21(27)31-6-3)10-9-13-20(26)30-5-2/h4,7-9,11-15,17H,1,5-6,10,16H2,2-3H3/b13-9+,15-14+,25-22+/i9D,13D,14D,15D. The number of ether oxygens (including phenoxy) is 2. The molecule has 0 bridgehead atoms. The van der Waals surface area contributed by atoms with Gasteiger partial charge in [0.25, 0.3) is 5.71 Å². The third-order valence-corrected chi connectivity index (χ3v) is 4.09. The van der Waals surface area contributed by atoms with E-state index in [1.807, 2.05) is 0 Å². The second kappa shape index (κ2) is 11.5. The van der Waals surface area contributed by atoms with E-state index in [0.29, 0.717) is 5.69 Å². The first-order chi connectivity index (χ1) is 16.6. The molecular weight excluding hydrogens is 400 g/mol. The van der Waals surface area contributed by atoms with Crippen LogP contribution in [-0.4, -0.2) is 54.1 Å². The number of hydrogen-bond acceptors (Lipinski definition) is 6. The lowest BCUT2D eigenvalue weighted by Gasteiger charge is -2.15. The first kappa shape index (κ1) is 18.1. The Balaban J connectivity index is 2.72. The lowest BCUT2D eigenvalue weighted by Crippen LogP contribution is -2.36. The highest BCUT2D eigenvalue weighted by molar-refractivity contribution is 6.52. The van der Waals surface area contributed by atoms with Crippen molar-refractivity contribution in [2.24, 2.45) is 0 Å². The maximum absolute atomic E-state index is 13.6. The molecule has 1 aromatic rings. The molecule has 1 heterocycles. The third-order valence-electron chi connectivity index (χ3n) is 4.09. The first-order valence-electron chi connectivity index (χ1n) is 11.6. The normalized spacial score (nSPS) is 18.9. The van der Waals surface area contributed by atoms with E-state index in [4.69, 9.17) is 15.0 Å². The van der Waals surface area contributed by atoms with Crippen molar-refractivity contribution in [3.8, 4) is 0 Å². The van der Waals surface area contributed by atoms with E-state index < -0.39 is 54.5 Å². The average molecular weight is 430 g/mol. The zero-order chi connectivity index (χ0) is 26.3. The Bertz CT molecular complexity index is 1130. The van der Waals surface area contributed by atoms with E-state index in [9.17, 15) is 19.6 Å². The van der Waals surface area contributed by atoms with Gasteiger partial charge in [0.2, 0.25) is 0 Å². The Hall–Kier alpha value is -3.68. The molecule has 0 spiro atoms. The molecule has 0 saturated carbocycles. The minimum Gasteiger partial charge on any atom is -0.623 e. The topological polar surface area (TPSA) is 99.0 Å². The van der Waals surface area contributed by atoms with Gasteiger partial charge in [-0.1, -0.05) is 24.3 Å². The lowest BCUT2D eigenvalue weighted by molar-refractivity contribution is -0.485. The number of hydrogen-bond donors (Lipinski definition) is 0. The zero-order valence-electron chi connectivity index (χ0n) is 21.3. The van der Waals surface area contributed by atoms with Gasteiger partial charge in [0.05, 0.1) is 29.9 Å². The van der Waals surface area contributed by atoms with Crippen LogP contribution in [0.5, 0.6) is 0 Å². The first-order valence-corrected chi connectivity index (χ1v) is 9.63. The smallest absolute Gasteiger partial charge is 0.330 e. The van der Waals surface area contributed by atoms with Gasteiger partial charge in [0, 0.05) is 25.1 Å². The Morgan fingerprint density at radius 3 is 2.52 bits per heavy atom. The van der Waals surface area contributed by atoms with Crippen LogP contribution in [0, 0.1) is 5.21 Å². The maximum Gasteiger partial charge on any atom is 0.330 e. The average Bonchev–Trinajstić information content (AvgIpc) is 3.12. The molecule has 0 radical (unpaired) electrons. The van der Waals surface area contributed by atoms with Crippen LogP contribution in [0.25, 0.3) is 0 Å². The van der Waals surface area contributed by atoms with Crippen molar-refractivity contribution in [1.82, 2.24) is 0 Å². The van der Waals surface area contributed by atoms with E-state index in [1.165, 1.54) is 30.9 Å². The van der Waals surface area contributed by atoms with Crippen molar-refractivity contribution in [2.45, 2.75) is 26.3 Å². The summed E-state index contributed by atoms with van der Waals surface area (Å²) in [6.07, 6.45) is 0.751. The number of hydroxylamine groups is 1. The van der Waals surface area contributed by atoms with Crippen LogP contribution >= 0.6 is 0 Å². The fourth-order valence-electron chi connectivity index (χ4n) is 2.83. The molecular formula is C23H26N2O6. The van der Waals surface area contributed by atoms with Gasteiger partial charge in [0.15, 0.2) is 6.04 Å². The van der Waals surface area contributed by atoms with Crippen molar-refractivity contribution in [1.29, 1.82) is 0 Å². The molecule has 8 nitrogen and oxygen atoms in total. The van der Waals surface area contributed by atoms with E-state index in [0.717, 1.165) is 0 Å². The molecule has 8 heteroatoms. The van der Waals surface area contributed by atoms with Crippen molar-refractivity contribution in [3.63, 3.8) is 0 Å². The molecule has 0 aromatic heterocycles. The number of para-hydroxylation sites is 1. The Kier molecular flexibility index (Phi) is 6.72. The van der Waals surface area contributed by atoms with E-state index in [2.05, 4.69) is 6.58 Å². The van der Waals surface area contributed by atoms with Crippen LogP contribution in [0.3, 0.4) is 0 Å². The molecule has 0 N–H and O–H groups in total. The van der Waals surface area contributed by atoms with Gasteiger partial charge in [-0.3, -0.25) is 9.69 Å². The molecule has 1 atom stereocenters. The van der Waals surface area contributed by atoms with Crippen LogP contribution in [0.4, 0.5) is 5.69 Å². The van der Waals surface area contributed by atoms with Crippen LogP contribution < -0.4 is 4.90 Å². The number of amides is 1. The monoisotopic (exact) mass is 430 g/mol. The van der Waals surface area contributed by atoms with Crippen LogP contribution in [0.15, 0.2) is 61.1 Å². The molecule has 1 unspecified atom stereocenters. The summed E-state index contributed by atoms with van der Waals surface area (Å²) < 4.78 is 41.9. The second-order valence-corrected chi connectivity index (χ2v) is 6.13. The molecule has 0 saturated heterocycles. The molecule has 0 fully saturated rings. The summed E-state index contributed by atoms with van der Waals surface area (Å²) in [7, 11) is 0. The SMILES string of the molecule is [2H]/C(CC(/C([2H])=C(\[2H])C(=O)OCC)/[N+]([O-])=C1\C(=O)N(CC=C)c2ccccc21)=C(/[2H])C(=O)OCC. The minimum atomic E-state index is -1.76. The summed E-state index contributed by atoms with van der Waals surface area (Å²) in [6, 6.07) is 1.37. The van der Waals surface area contributed by atoms with Gasteiger partial charge < -0.3 is 14.7 Å². The molecule has 2 rings (SSSR count). The Labute approximate surface area is 187 Å². The minimum absolute atomic E-state index is 0.0444. The summed E-state index contributed by atoms with van der Waals surface area (Å²) in [4.78, 5) is 38.4. The lowest BCUT2D eigenvalue weighted by atomic mass is 10.1. The summed E-state index contributed by atoms with van der Waals surface area (Å²) in [5.41, 5.74) is 0.305. The van der Waals surface area contributed by atoms with Crippen LogP contribution in [-0.2, 0) is 23.9 Å². The van der Waals surface area contributed by atoms with E-state index in [1.54, 1.807) is 18.2 Å². The van der Waals surface area contributed by atoms with Crippen LogP contribution in [0.1, 0.15) is 31.3 Å². The zero-order valence-corrected chi connectivity index (χ0v) is 17.3. The van der Waals surface area contributed by atoms with E-state index in [-0.39, 0.29) is 35.8 Å². The molecule has 1 amide bonds. The van der Waals surface area contributed by atoms with Gasteiger partial charge >= 0.3 is 17.8 Å². The predicted molar refractivity (Wildman–Crippen MR) is 117 cm³/mol. The summed E-state index contributed by atoms with van der Waals surface area (Å²) in [5.74, 6) is -2.97. The maximum atomic E-state index is 13.6. The number of fused-ring (bicyclic) bond motifs is 1. The molecule has 1 aliphatic rings. The van der Waals surface area contributed by atoms with Crippen molar-refractivity contribution in [2.75, 3.05) is 24.7 Å².